The van der Waals surface area contributed by atoms with Crippen LogP contribution >= 0.6 is 23.1 Å². The molecule has 0 spiro atoms. The van der Waals surface area contributed by atoms with Crippen molar-refractivity contribution in [3.63, 3.8) is 0 Å². The summed E-state index contributed by atoms with van der Waals surface area (Å²) in [6, 6.07) is 6.48. The largest absolute Gasteiger partial charge is 0.493 e. The van der Waals surface area contributed by atoms with Crippen LogP contribution in [-0.2, 0) is 14.8 Å². The highest BCUT2D eigenvalue weighted by Gasteiger charge is 2.16. The number of carbonyl (C=O) groups excluding carboxylic acids is 1. The number of hydrogen-bond donors (Lipinski definition) is 4. The number of anilines is 2. The van der Waals surface area contributed by atoms with Crippen LogP contribution in [0.25, 0.3) is 0 Å². The molecule has 0 aliphatic rings. The Morgan fingerprint density at radius 2 is 2.00 bits per heavy atom. The summed E-state index contributed by atoms with van der Waals surface area (Å²) in [5.41, 5.74) is -0.145. The molecule has 0 saturated carbocycles. The Hall–Kier alpha value is -2.97. The van der Waals surface area contributed by atoms with Crippen molar-refractivity contribution in [3.8, 4) is 5.88 Å². The summed E-state index contributed by atoms with van der Waals surface area (Å²) in [6.45, 7) is 1.71. The SMILES string of the molecule is Cc1nnc(NS(=O)(=O)c2ccc(NC(=O)CSc3nc(O)cc(=O)[nH]3)cc2)s1. The van der Waals surface area contributed by atoms with Crippen LogP contribution in [0.3, 0.4) is 0 Å². The number of nitrogens with zero attached hydrogens (tertiary/aromatic N) is 3. The molecule has 1 amide bonds. The van der Waals surface area contributed by atoms with E-state index < -0.39 is 27.4 Å². The van der Waals surface area contributed by atoms with Crippen molar-refractivity contribution >= 4 is 49.8 Å². The molecule has 29 heavy (non-hydrogen) atoms. The number of thioether (sulfide) groups is 1. The predicted molar refractivity (Wildman–Crippen MR) is 108 cm³/mol. The molecule has 0 fully saturated rings. The zero-order valence-electron chi connectivity index (χ0n) is 14.7. The molecular formula is C15H14N6O5S3. The summed E-state index contributed by atoms with van der Waals surface area (Å²) in [6.07, 6.45) is 0. The summed E-state index contributed by atoms with van der Waals surface area (Å²) in [5.74, 6) is -0.922. The van der Waals surface area contributed by atoms with Crippen molar-refractivity contribution in [2.45, 2.75) is 17.0 Å². The van der Waals surface area contributed by atoms with E-state index in [0.29, 0.717) is 10.7 Å². The van der Waals surface area contributed by atoms with Gasteiger partial charge in [-0.05, 0) is 31.2 Å². The van der Waals surface area contributed by atoms with Crippen molar-refractivity contribution in [3.05, 3.63) is 45.7 Å². The number of H-pyrrole nitrogens is 1. The van der Waals surface area contributed by atoms with Gasteiger partial charge in [-0.1, -0.05) is 23.1 Å². The number of aromatic amines is 1. The zero-order chi connectivity index (χ0) is 21.0. The predicted octanol–water partition coefficient (Wildman–Crippen LogP) is 1.17. The van der Waals surface area contributed by atoms with Gasteiger partial charge in [0.2, 0.25) is 16.9 Å². The highest BCUT2D eigenvalue weighted by molar-refractivity contribution is 7.99. The van der Waals surface area contributed by atoms with E-state index in [4.69, 9.17) is 0 Å². The Morgan fingerprint density at radius 1 is 1.28 bits per heavy atom. The second-order valence-electron chi connectivity index (χ2n) is 5.50. The van der Waals surface area contributed by atoms with Gasteiger partial charge < -0.3 is 15.4 Å². The first-order chi connectivity index (χ1) is 13.7. The van der Waals surface area contributed by atoms with Crippen LogP contribution < -0.4 is 15.6 Å². The normalized spacial score (nSPS) is 11.2. The number of amides is 1. The van der Waals surface area contributed by atoms with E-state index >= 15 is 0 Å². The Labute approximate surface area is 172 Å². The van der Waals surface area contributed by atoms with E-state index in [1.54, 1.807) is 6.92 Å². The number of hydrogen-bond acceptors (Lipinski definition) is 10. The second kappa shape index (κ2) is 8.59. The number of sulfonamides is 1. The monoisotopic (exact) mass is 454 g/mol. The third-order valence-electron chi connectivity index (χ3n) is 3.24. The first-order valence-electron chi connectivity index (χ1n) is 7.87. The minimum Gasteiger partial charge on any atom is -0.493 e. The maximum Gasteiger partial charge on any atom is 0.263 e. The van der Waals surface area contributed by atoms with Crippen molar-refractivity contribution in [1.82, 2.24) is 20.2 Å². The van der Waals surface area contributed by atoms with Gasteiger partial charge >= 0.3 is 0 Å². The van der Waals surface area contributed by atoms with Crippen molar-refractivity contribution in [1.29, 1.82) is 0 Å². The van der Waals surface area contributed by atoms with Crippen molar-refractivity contribution in [2.75, 3.05) is 15.8 Å². The smallest absolute Gasteiger partial charge is 0.263 e. The third-order valence-corrected chi connectivity index (χ3v) is 6.35. The number of aromatic nitrogens is 4. The molecule has 0 aliphatic carbocycles. The van der Waals surface area contributed by atoms with Gasteiger partial charge in [-0.3, -0.25) is 14.3 Å². The Balaban J connectivity index is 1.59. The minimum atomic E-state index is -3.82. The van der Waals surface area contributed by atoms with Crippen LogP contribution in [0, 0.1) is 6.92 Å². The van der Waals surface area contributed by atoms with Crippen LogP contribution in [0.4, 0.5) is 10.8 Å². The number of carbonyl (C=O) groups is 1. The quantitative estimate of drug-likeness (QED) is 0.302. The van der Waals surface area contributed by atoms with E-state index in [1.165, 1.54) is 24.3 Å². The van der Waals surface area contributed by atoms with Gasteiger partial charge in [0.1, 0.15) is 5.01 Å². The molecule has 11 nitrogen and oxygen atoms in total. The number of aromatic hydroxyl groups is 1. The van der Waals surface area contributed by atoms with Gasteiger partial charge in [0.05, 0.1) is 16.7 Å². The maximum absolute atomic E-state index is 12.3. The lowest BCUT2D eigenvalue weighted by Gasteiger charge is -2.07. The van der Waals surface area contributed by atoms with Crippen LogP contribution in [0.15, 0.2) is 45.2 Å². The summed E-state index contributed by atoms with van der Waals surface area (Å²) < 4.78 is 27.0. The van der Waals surface area contributed by atoms with Gasteiger partial charge in [-0.2, -0.15) is 4.98 Å². The van der Waals surface area contributed by atoms with Crippen LogP contribution in [0.5, 0.6) is 5.88 Å². The molecule has 2 heterocycles. The van der Waals surface area contributed by atoms with Crippen LogP contribution in [0.1, 0.15) is 5.01 Å². The molecule has 0 bridgehead atoms. The van der Waals surface area contributed by atoms with E-state index in [1.807, 2.05) is 0 Å². The van der Waals surface area contributed by atoms with Crippen LogP contribution in [0.2, 0.25) is 0 Å². The molecule has 4 N–H and O–H groups in total. The standard InChI is InChI=1S/C15H14N6O5S3/c1-8-19-20-15(28-8)21-29(25,26)10-4-2-9(3-5-10)16-13(24)7-27-14-17-11(22)6-12(23)18-14/h2-6H,7H2,1H3,(H,16,24)(H,20,21)(H2,17,18,22,23). The van der Waals surface area contributed by atoms with Gasteiger partial charge in [0.15, 0.2) is 5.16 Å². The zero-order valence-corrected chi connectivity index (χ0v) is 17.2. The van der Waals surface area contributed by atoms with Gasteiger partial charge in [0, 0.05) is 5.69 Å². The first kappa shape index (κ1) is 20.8. The van der Waals surface area contributed by atoms with Gasteiger partial charge in [-0.25, -0.2) is 8.42 Å². The molecule has 0 saturated heterocycles. The van der Waals surface area contributed by atoms with E-state index in [9.17, 15) is 23.1 Å². The number of aryl methyl sites for hydroxylation is 1. The topological polar surface area (TPSA) is 167 Å². The summed E-state index contributed by atoms with van der Waals surface area (Å²) >= 11 is 2.04. The lowest BCUT2D eigenvalue weighted by atomic mass is 10.3. The number of benzene rings is 1. The fourth-order valence-corrected chi connectivity index (χ4v) is 4.54. The highest BCUT2D eigenvalue weighted by Crippen LogP contribution is 2.21. The molecule has 0 aliphatic heterocycles. The second-order valence-corrected chi connectivity index (χ2v) is 9.33. The molecule has 0 radical (unpaired) electrons. The average molecular weight is 455 g/mol. The lowest BCUT2D eigenvalue weighted by Crippen LogP contribution is -2.16. The molecule has 2 aromatic heterocycles. The van der Waals surface area contributed by atoms with E-state index in [-0.39, 0.29) is 20.9 Å². The van der Waals surface area contributed by atoms with E-state index in [2.05, 4.69) is 30.2 Å². The number of nitrogens with one attached hydrogen (secondary N) is 3. The number of rotatable bonds is 7. The molecule has 1 aromatic carbocycles. The van der Waals surface area contributed by atoms with Gasteiger partial charge in [0.25, 0.3) is 15.6 Å². The highest BCUT2D eigenvalue weighted by atomic mass is 32.2. The molecule has 14 heteroatoms. The summed E-state index contributed by atoms with van der Waals surface area (Å²) in [4.78, 5) is 29.3. The molecule has 0 unspecified atom stereocenters. The third kappa shape index (κ3) is 5.75. The van der Waals surface area contributed by atoms with E-state index in [0.717, 1.165) is 29.2 Å². The maximum atomic E-state index is 12.3. The van der Waals surface area contributed by atoms with Crippen LogP contribution in [-0.4, -0.2) is 45.3 Å². The minimum absolute atomic E-state index is 0.000682. The molecule has 0 atom stereocenters. The lowest BCUT2D eigenvalue weighted by molar-refractivity contribution is -0.113. The molecular weight excluding hydrogens is 440 g/mol. The fourth-order valence-electron chi connectivity index (χ4n) is 2.05. The molecule has 3 rings (SSSR count). The Bertz CT molecular complexity index is 1190. The molecule has 3 aromatic rings. The average Bonchev–Trinajstić information content (AvgIpc) is 3.04. The molecule has 152 valence electrons. The van der Waals surface area contributed by atoms with Crippen molar-refractivity contribution in [2.24, 2.45) is 0 Å². The first-order valence-corrected chi connectivity index (χ1v) is 11.2. The van der Waals surface area contributed by atoms with Crippen molar-refractivity contribution < 1.29 is 18.3 Å². The van der Waals surface area contributed by atoms with Gasteiger partial charge in [-0.15, -0.1) is 10.2 Å². The fraction of sp³-hybridized carbons (Fsp3) is 0.133. The summed E-state index contributed by atoms with van der Waals surface area (Å²) in [5, 5.41) is 20.2. The Morgan fingerprint density at radius 3 is 2.62 bits per heavy atom. The Kier molecular flexibility index (Phi) is 6.14. The summed E-state index contributed by atoms with van der Waals surface area (Å²) in [7, 11) is -3.82.